The molecule has 3 aromatic rings. The average molecular weight is 370 g/mol. The third-order valence-electron chi connectivity index (χ3n) is 2.79. The highest BCUT2D eigenvalue weighted by molar-refractivity contribution is 9.10. The number of ether oxygens (including phenoxy) is 1. The lowest BCUT2D eigenvalue weighted by molar-refractivity contribution is -0.137. The van der Waals surface area contributed by atoms with Gasteiger partial charge in [-0.15, -0.1) is 0 Å². The maximum atomic E-state index is 12.5. The molecule has 8 heteroatoms. The van der Waals surface area contributed by atoms with Gasteiger partial charge < -0.3 is 4.74 Å². The fourth-order valence-electron chi connectivity index (χ4n) is 1.80. The van der Waals surface area contributed by atoms with Crippen LogP contribution in [0.25, 0.3) is 11.0 Å². The molecule has 0 unspecified atom stereocenters. The van der Waals surface area contributed by atoms with Crippen LogP contribution in [0.5, 0.6) is 11.6 Å². The standard InChI is InChI=1S/C14H7BrF3N3O/c15-10-5-9(6-11-13(10)20-4-3-19-11)22-12-2-1-8(7-21-12)14(16,17)18/h1-7H. The first kappa shape index (κ1) is 14.7. The predicted octanol–water partition coefficient (Wildman–Crippen LogP) is 4.60. The molecule has 0 fully saturated rings. The van der Waals surface area contributed by atoms with Crippen LogP contribution < -0.4 is 4.74 Å². The molecular formula is C14H7BrF3N3O. The van der Waals surface area contributed by atoms with Gasteiger partial charge in [-0.3, -0.25) is 9.97 Å². The summed E-state index contributed by atoms with van der Waals surface area (Å²) in [6.45, 7) is 0. The first-order chi connectivity index (χ1) is 10.4. The summed E-state index contributed by atoms with van der Waals surface area (Å²) in [4.78, 5) is 12.0. The van der Waals surface area contributed by atoms with Crippen LogP contribution >= 0.6 is 15.9 Å². The second kappa shape index (κ2) is 5.53. The maximum absolute atomic E-state index is 12.5. The van der Waals surface area contributed by atoms with Crippen LogP contribution in [-0.4, -0.2) is 15.0 Å². The Hall–Kier alpha value is -2.22. The first-order valence-electron chi connectivity index (χ1n) is 6.05. The van der Waals surface area contributed by atoms with Crippen molar-refractivity contribution in [3.63, 3.8) is 0 Å². The number of benzene rings is 1. The highest BCUT2D eigenvalue weighted by Crippen LogP contribution is 2.31. The molecule has 2 aromatic heterocycles. The van der Waals surface area contributed by atoms with Gasteiger partial charge in [0.25, 0.3) is 0 Å². The van der Waals surface area contributed by atoms with E-state index in [1.807, 2.05) is 0 Å². The van der Waals surface area contributed by atoms with Crippen LogP contribution in [0.1, 0.15) is 5.56 Å². The normalized spacial score (nSPS) is 11.6. The second-order valence-electron chi connectivity index (χ2n) is 4.31. The maximum Gasteiger partial charge on any atom is 0.417 e. The lowest BCUT2D eigenvalue weighted by atomic mass is 10.2. The van der Waals surface area contributed by atoms with Crippen LogP contribution in [0.3, 0.4) is 0 Å². The molecule has 0 saturated heterocycles. The summed E-state index contributed by atoms with van der Waals surface area (Å²) in [5.41, 5.74) is 0.430. The van der Waals surface area contributed by atoms with Crippen molar-refractivity contribution in [2.45, 2.75) is 6.18 Å². The van der Waals surface area contributed by atoms with Gasteiger partial charge in [-0.25, -0.2) is 4.98 Å². The van der Waals surface area contributed by atoms with Gasteiger partial charge in [0, 0.05) is 35.2 Å². The number of fused-ring (bicyclic) bond motifs is 1. The summed E-state index contributed by atoms with van der Waals surface area (Å²) < 4.78 is 43.5. The Morgan fingerprint density at radius 2 is 1.77 bits per heavy atom. The Balaban J connectivity index is 1.90. The molecule has 0 saturated carbocycles. The molecule has 22 heavy (non-hydrogen) atoms. The Bertz CT molecular complexity index is 822. The Kier molecular flexibility index (Phi) is 3.69. The van der Waals surface area contributed by atoms with Crippen molar-refractivity contribution in [1.82, 2.24) is 15.0 Å². The monoisotopic (exact) mass is 369 g/mol. The molecule has 0 amide bonds. The zero-order valence-electron chi connectivity index (χ0n) is 10.8. The second-order valence-corrected chi connectivity index (χ2v) is 5.17. The van der Waals surface area contributed by atoms with E-state index in [1.165, 1.54) is 6.20 Å². The highest BCUT2D eigenvalue weighted by atomic mass is 79.9. The predicted molar refractivity (Wildman–Crippen MR) is 76.6 cm³/mol. The van der Waals surface area contributed by atoms with E-state index in [-0.39, 0.29) is 5.88 Å². The van der Waals surface area contributed by atoms with Crippen molar-refractivity contribution >= 4 is 27.0 Å². The minimum Gasteiger partial charge on any atom is -0.439 e. The molecule has 1 aromatic carbocycles. The minimum absolute atomic E-state index is 0.0585. The molecule has 0 bridgehead atoms. The molecule has 0 aliphatic rings. The average Bonchev–Trinajstić information content (AvgIpc) is 2.47. The zero-order valence-corrected chi connectivity index (χ0v) is 12.4. The van der Waals surface area contributed by atoms with E-state index in [2.05, 4.69) is 30.9 Å². The number of aromatic nitrogens is 3. The summed E-state index contributed by atoms with van der Waals surface area (Å²) in [5.74, 6) is 0.454. The number of rotatable bonds is 2. The minimum atomic E-state index is -4.42. The van der Waals surface area contributed by atoms with E-state index in [9.17, 15) is 13.2 Å². The van der Waals surface area contributed by atoms with Gasteiger partial charge in [0.05, 0.1) is 11.1 Å². The van der Waals surface area contributed by atoms with Crippen LogP contribution in [0.2, 0.25) is 0 Å². The van der Waals surface area contributed by atoms with E-state index in [4.69, 9.17) is 4.74 Å². The third-order valence-corrected chi connectivity index (χ3v) is 3.39. The van der Waals surface area contributed by atoms with Crippen molar-refractivity contribution in [3.05, 3.63) is 52.9 Å². The smallest absolute Gasteiger partial charge is 0.417 e. The van der Waals surface area contributed by atoms with Crippen molar-refractivity contribution in [1.29, 1.82) is 0 Å². The van der Waals surface area contributed by atoms with E-state index in [1.54, 1.807) is 18.3 Å². The van der Waals surface area contributed by atoms with Crippen molar-refractivity contribution in [2.24, 2.45) is 0 Å². The molecule has 2 heterocycles. The topological polar surface area (TPSA) is 47.9 Å². The SMILES string of the molecule is FC(F)(F)c1ccc(Oc2cc(Br)c3nccnc3c2)nc1. The van der Waals surface area contributed by atoms with Crippen LogP contribution in [0, 0.1) is 0 Å². The van der Waals surface area contributed by atoms with Crippen molar-refractivity contribution < 1.29 is 17.9 Å². The van der Waals surface area contributed by atoms with Crippen LogP contribution in [0.15, 0.2) is 47.3 Å². The van der Waals surface area contributed by atoms with E-state index in [0.717, 1.165) is 18.3 Å². The van der Waals surface area contributed by atoms with E-state index in [0.29, 0.717) is 21.3 Å². The first-order valence-corrected chi connectivity index (χ1v) is 6.84. The molecule has 3 rings (SSSR count). The molecule has 0 radical (unpaired) electrons. The summed E-state index contributed by atoms with van der Waals surface area (Å²) in [7, 11) is 0. The van der Waals surface area contributed by atoms with Crippen LogP contribution in [0.4, 0.5) is 13.2 Å². The number of hydrogen-bond donors (Lipinski definition) is 0. The Morgan fingerprint density at radius 1 is 1.00 bits per heavy atom. The van der Waals surface area contributed by atoms with Gasteiger partial charge in [-0.2, -0.15) is 13.2 Å². The van der Waals surface area contributed by atoms with Gasteiger partial charge in [0.2, 0.25) is 5.88 Å². The summed E-state index contributed by atoms with van der Waals surface area (Å²) in [6, 6.07) is 5.36. The molecule has 0 spiro atoms. The molecular weight excluding hydrogens is 363 g/mol. The lowest BCUT2D eigenvalue weighted by Crippen LogP contribution is -2.05. The molecule has 0 atom stereocenters. The third kappa shape index (κ3) is 3.01. The molecule has 112 valence electrons. The highest BCUT2D eigenvalue weighted by Gasteiger charge is 2.30. The van der Waals surface area contributed by atoms with Crippen molar-refractivity contribution in [2.75, 3.05) is 0 Å². The van der Waals surface area contributed by atoms with Gasteiger partial charge in [-0.1, -0.05) is 0 Å². The van der Waals surface area contributed by atoms with E-state index < -0.39 is 11.7 Å². The van der Waals surface area contributed by atoms with Gasteiger partial charge in [0.15, 0.2) is 0 Å². The number of nitrogens with zero attached hydrogens (tertiary/aromatic N) is 3. The fourth-order valence-corrected chi connectivity index (χ4v) is 2.33. The Labute approximate surface area is 131 Å². The van der Waals surface area contributed by atoms with Crippen LogP contribution in [-0.2, 0) is 6.18 Å². The van der Waals surface area contributed by atoms with E-state index >= 15 is 0 Å². The number of hydrogen-bond acceptors (Lipinski definition) is 4. The number of alkyl halides is 3. The summed E-state index contributed by atoms with van der Waals surface area (Å²) in [6.07, 6.45) is -0.599. The lowest BCUT2D eigenvalue weighted by Gasteiger charge is -2.09. The molecule has 0 aliphatic heterocycles. The molecule has 0 aliphatic carbocycles. The molecule has 0 N–H and O–H groups in total. The van der Waals surface area contributed by atoms with Gasteiger partial charge in [-0.05, 0) is 28.1 Å². The largest absolute Gasteiger partial charge is 0.439 e. The Morgan fingerprint density at radius 3 is 2.45 bits per heavy atom. The van der Waals surface area contributed by atoms with Gasteiger partial charge >= 0.3 is 6.18 Å². The molecule has 4 nitrogen and oxygen atoms in total. The number of halogens is 4. The zero-order chi connectivity index (χ0) is 15.7. The quantitative estimate of drug-likeness (QED) is 0.662. The fraction of sp³-hybridized carbons (Fsp3) is 0.0714. The van der Waals surface area contributed by atoms with Gasteiger partial charge in [0.1, 0.15) is 11.3 Å². The van der Waals surface area contributed by atoms with Crippen molar-refractivity contribution in [3.8, 4) is 11.6 Å². The summed E-state index contributed by atoms with van der Waals surface area (Å²) in [5, 5.41) is 0. The summed E-state index contributed by atoms with van der Waals surface area (Å²) >= 11 is 3.35. The number of pyridine rings is 1.